The van der Waals surface area contributed by atoms with Crippen LogP contribution in [0.5, 0.6) is 0 Å². The van der Waals surface area contributed by atoms with E-state index >= 15 is 0 Å². The summed E-state index contributed by atoms with van der Waals surface area (Å²) < 4.78 is 29.5. The van der Waals surface area contributed by atoms with Gasteiger partial charge in [-0.3, -0.25) is 13.9 Å². The molecular weight excluding hydrogens is 665 g/mol. The molecule has 0 aliphatic heterocycles. The van der Waals surface area contributed by atoms with Crippen molar-refractivity contribution in [2.75, 3.05) is 10.8 Å². The molecule has 0 heterocycles. The van der Waals surface area contributed by atoms with E-state index in [9.17, 15) is 18.0 Å². The number of hydrogen-bond acceptors (Lipinski definition) is 4. The number of hydrogen-bond donors (Lipinski definition) is 1. The minimum Gasteiger partial charge on any atom is -0.352 e. The second-order valence-corrected chi connectivity index (χ2v) is 14.5. The van der Waals surface area contributed by atoms with Gasteiger partial charge in [0, 0.05) is 34.1 Å². The third-order valence-electron chi connectivity index (χ3n) is 7.37. The van der Waals surface area contributed by atoms with Crippen LogP contribution in [0.1, 0.15) is 36.1 Å². The first-order chi connectivity index (χ1) is 21.8. The molecule has 0 fully saturated rings. The highest BCUT2D eigenvalue weighted by atomic mass is 35.5. The van der Waals surface area contributed by atoms with Gasteiger partial charge in [-0.2, -0.15) is 0 Å². The zero-order valence-corrected chi connectivity index (χ0v) is 29.1. The summed E-state index contributed by atoms with van der Waals surface area (Å²) in [5.74, 6) is -0.983. The zero-order chi connectivity index (χ0) is 33.6. The third kappa shape index (κ3) is 8.82. The molecule has 0 aromatic heterocycles. The van der Waals surface area contributed by atoms with Gasteiger partial charge < -0.3 is 10.2 Å². The van der Waals surface area contributed by atoms with E-state index in [0.29, 0.717) is 26.2 Å². The first-order valence-electron chi connectivity index (χ1n) is 14.7. The Bertz CT molecular complexity index is 1800. The van der Waals surface area contributed by atoms with Crippen molar-refractivity contribution in [3.8, 4) is 0 Å². The average molecular weight is 701 g/mol. The maximum absolute atomic E-state index is 14.6. The van der Waals surface area contributed by atoms with E-state index in [-0.39, 0.29) is 35.5 Å². The van der Waals surface area contributed by atoms with Gasteiger partial charge in [0.1, 0.15) is 12.6 Å². The number of benzene rings is 4. The number of aryl methyl sites for hydroxylation is 2. The van der Waals surface area contributed by atoms with Gasteiger partial charge in [0.2, 0.25) is 11.8 Å². The number of rotatable bonds is 12. The molecule has 2 amide bonds. The Kier molecular flexibility index (Phi) is 11.8. The molecule has 1 unspecified atom stereocenters. The standard InChI is InChI=1S/C35H36Cl3N3O4S/c1-23(2)39-35(43)33(19-26-8-6-5-7-9-26)40(21-27-12-13-29(37)20-31(27)38)34(42)22-41(32-17-14-28(36)18-25(32)4)46(44,45)30-15-10-24(3)11-16-30/h5-18,20,23,33H,19,21-22H2,1-4H3,(H,39,43). The maximum Gasteiger partial charge on any atom is 0.264 e. The molecule has 0 aliphatic rings. The Morgan fingerprint density at radius 3 is 2.07 bits per heavy atom. The van der Waals surface area contributed by atoms with E-state index in [1.807, 2.05) is 51.1 Å². The van der Waals surface area contributed by atoms with Crippen molar-refractivity contribution in [1.29, 1.82) is 0 Å². The normalized spacial score (nSPS) is 12.1. The number of amides is 2. The molecule has 7 nitrogen and oxygen atoms in total. The Hall–Kier alpha value is -3.56. The SMILES string of the molecule is Cc1ccc(S(=O)(=O)N(CC(=O)N(Cc2ccc(Cl)cc2Cl)C(Cc2ccccc2)C(=O)NC(C)C)c2ccc(Cl)cc2C)cc1. The molecule has 46 heavy (non-hydrogen) atoms. The molecule has 0 spiro atoms. The van der Waals surface area contributed by atoms with Crippen LogP contribution < -0.4 is 9.62 Å². The van der Waals surface area contributed by atoms with Crippen molar-refractivity contribution >= 4 is 62.3 Å². The number of nitrogens with one attached hydrogen (secondary N) is 1. The lowest BCUT2D eigenvalue weighted by Crippen LogP contribution is -2.54. The second-order valence-electron chi connectivity index (χ2n) is 11.4. The fourth-order valence-corrected chi connectivity index (χ4v) is 7.19. The van der Waals surface area contributed by atoms with Crippen LogP contribution in [0.4, 0.5) is 5.69 Å². The predicted octanol–water partition coefficient (Wildman–Crippen LogP) is 7.62. The molecule has 0 aliphatic carbocycles. The number of carbonyl (C=O) groups is 2. The molecule has 0 bridgehead atoms. The average Bonchev–Trinajstić information content (AvgIpc) is 2.99. The molecule has 4 rings (SSSR count). The number of sulfonamides is 1. The Balaban J connectivity index is 1.85. The van der Waals surface area contributed by atoms with Crippen molar-refractivity contribution in [2.45, 2.75) is 57.6 Å². The summed E-state index contributed by atoms with van der Waals surface area (Å²) in [6, 6.07) is 24.2. The van der Waals surface area contributed by atoms with Crippen LogP contribution in [0.15, 0.2) is 95.9 Å². The van der Waals surface area contributed by atoms with Gasteiger partial charge in [-0.1, -0.05) is 88.9 Å². The van der Waals surface area contributed by atoms with Crippen LogP contribution in [0.3, 0.4) is 0 Å². The van der Waals surface area contributed by atoms with Crippen molar-refractivity contribution in [3.63, 3.8) is 0 Å². The molecule has 4 aromatic carbocycles. The van der Waals surface area contributed by atoms with Crippen LogP contribution in [0, 0.1) is 13.8 Å². The summed E-state index contributed by atoms with van der Waals surface area (Å²) in [4.78, 5) is 29.8. The lowest BCUT2D eigenvalue weighted by Gasteiger charge is -2.34. The molecule has 0 radical (unpaired) electrons. The smallest absolute Gasteiger partial charge is 0.264 e. The molecule has 1 N–H and O–H groups in total. The Labute approximate surface area is 286 Å². The van der Waals surface area contributed by atoms with Gasteiger partial charge in [-0.15, -0.1) is 0 Å². The summed E-state index contributed by atoms with van der Waals surface area (Å²) >= 11 is 19.0. The van der Waals surface area contributed by atoms with E-state index in [4.69, 9.17) is 34.8 Å². The van der Waals surface area contributed by atoms with Crippen LogP contribution in [0.25, 0.3) is 0 Å². The third-order valence-corrected chi connectivity index (χ3v) is 9.97. The topological polar surface area (TPSA) is 86.8 Å². The molecule has 0 saturated carbocycles. The summed E-state index contributed by atoms with van der Waals surface area (Å²) in [7, 11) is -4.25. The van der Waals surface area contributed by atoms with Gasteiger partial charge in [-0.25, -0.2) is 8.42 Å². The quantitative estimate of drug-likeness (QED) is 0.165. The van der Waals surface area contributed by atoms with E-state index < -0.39 is 28.5 Å². The van der Waals surface area contributed by atoms with Crippen LogP contribution in [-0.2, 0) is 32.6 Å². The highest BCUT2D eigenvalue weighted by molar-refractivity contribution is 7.92. The molecule has 242 valence electrons. The van der Waals surface area contributed by atoms with E-state index in [1.165, 1.54) is 17.0 Å². The zero-order valence-electron chi connectivity index (χ0n) is 26.0. The van der Waals surface area contributed by atoms with E-state index in [0.717, 1.165) is 15.4 Å². The number of halogens is 3. The Morgan fingerprint density at radius 2 is 1.46 bits per heavy atom. The number of carbonyl (C=O) groups excluding carboxylic acids is 2. The van der Waals surface area contributed by atoms with Crippen molar-refractivity contribution in [2.24, 2.45) is 0 Å². The van der Waals surface area contributed by atoms with Crippen molar-refractivity contribution in [3.05, 3.63) is 128 Å². The van der Waals surface area contributed by atoms with Gasteiger partial charge in [0.15, 0.2) is 0 Å². The molecule has 1 atom stereocenters. The van der Waals surface area contributed by atoms with Crippen LogP contribution >= 0.6 is 34.8 Å². The van der Waals surface area contributed by atoms with Crippen molar-refractivity contribution in [1.82, 2.24) is 10.2 Å². The highest BCUT2D eigenvalue weighted by Crippen LogP contribution is 2.30. The minimum absolute atomic E-state index is 0.0194. The predicted molar refractivity (Wildman–Crippen MR) is 186 cm³/mol. The lowest BCUT2D eigenvalue weighted by molar-refractivity contribution is -0.140. The van der Waals surface area contributed by atoms with Gasteiger partial charge in [-0.05, 0) is 86.8 Å². The highest BCUT2D eigenvalue weighted by Gasteiger charge is 2.35. The van der Waals surface area contributed by atoms with Crippen molar-refractivity contribution < 1.29 is 18.0 Å². The largest absolute Gasteiger partial charge is 0.352 e. The van der Waals surface area contributed by atoms with Gasteiger partial charge >= 0.3 is 0 Å². The van der Waals surface area contributed by atoms with E-state index in [1.54, 1.807) is 55.5 Å². The van der Waals surface area contributed by atoms with Crippen LogP contribution in [-0.4, -0.2) is 43.8 Å². The van der Waals surface area contributed by atoms with Gasteiger partial charge in [0.25, 0.3) is 10.0 Å². The number of nitrogens with zero attached hydrogens (tertiary/aromatic N) is 2. The minimum atomic E-state index is -4.25. The summed E-state index contributed by atoms with van der Waals surface area (Å²) in [6.07, 6.45) is 0.182. The maximum atomic E-state index is 14.6. The van der Waals surface area contributed by atoms with Gasteiger partial charge in [0.05, 0.1) is 10.6 Å². The fourth-order valence-electron chi connectivity index (χ4n) is 5.02. The van der Waals surface area contributed by atoms with Crippen LogP contribution in [0.2, 0.25) is 15.1 Å². The van der Waals surface area contributed by atoms with E-state index in [2.05, 4.69) is 5.32 Å². The fraction of sp³-hybridized carbons (Fsp3) is 0.257. The lowest BCUT2D eigenvalue weighted by atomic mass is 10.0. The number of anilines is 1. The Morgan fingerprint density at radius 1 is 0.826 bits per heavy atom. The second kappa shape index (κ2) is 15.4. The first-order valence-corrected chi connectivity index (χ1v) is 17.3. The first kappa shape index (κ1) is 35.3. The molecule has 11 heteroatoms. The molecule has 0 saturated heterocycles. The summed E-state index contributed by atoms with van der Waals surface area (Å²) in [5.41, 5.74) is 3.10. The summed E-state index contributed by atoms with van der Waals surface area (Å²) in [6.45, 7) is 6.58. The monoisotopic (exact) mass is 699 g/mol. The summed E-state index contributed by atoms with van der Waals surface area (Å²) in [5, 5.41) is 4.09. The molecular formula is C35H36Cl3N3O4S. The molecule has 4 aromatic rings.